The molecule has 0 amide bonds. The van der Waals surface area contributed by atoms with E-state index in [1.54, 1.807) is 0 Å². The summed E-state index contributed by atoms with van der Waals surface area (Å²) in [6.07, 6.45) is 0. The first kappa shape index (κ1) is 39.8. The summed E-state index contributed by atoms with van der Waals surface area (Å²) in [5, 5.41) is 7.42. The van der Waals surface area contributed by atoms with E-state index >= 15 is 0 Å². The van der Waals surface area contributed by atoms with E-state index in [0.29, 0.717) is 0 Å². The molecule has 0 aromatic carbocycles. The van der Waals surface area contributed by atoms with Crippen LogP contribution in [-0.4, -0.2) is 19.5 Å². The number of aliphatic carboxylic acids is 1. The van der Waals surface area contributed by atoms with Crippen molar-refractivity contribution < 1.29 is 9.90 Å². The Morgan fingerprint density at radius 3 is 1.25 bits per heavy atom. The van der Waals surface area contributed by atoms with Gasteiger partial charge in [-0.15, -0.1) is 37.2 Å². The lowest BCUT2D eigenvalue weighted by Gasteiger charge is -1.59. The second-order valence-corrected chi connectivity index (χ2v) is 0.519. The molecule has 0 bridgehead atoms. The number of halogens is 3. The topological polar surface area (TPSA) is 37.3 Å². The third-order valence-electron chi connectivity index (χ3n) is 0. The van der Waals surface area contributed by atoms with Gasteiger partial charge in [-0.05, 0) is 0 Å². The van der Waals surface area contributed by atoms with Crippen molar-refractivity contribution in [3.05, 3.63) is 0 Å². The summed E-state index contributed by atoms with van der Waals surface area (Å²) in [5.41, 5.74) is 0. The molecular weight excluding hydrogens is 173 g/mol. The SMILES string of the molecule is B.CC(=O)O.Cl.Cl.Cl. The highest BCUT2D eigenvalue weighted by Gasteiger charge is 1.65. The molecule has 2 nitrogen and oxygen atoms in total. The summed E-state index contributed by atoms with van der Waals surface area (Å²) in [4.78, 5) is 9.00. The van der Waals surface area contributed by atoms with Gasteiger partial charge in [0.15, 0.2) is 0 Å². The van der Waals surface area contributed by atoms with Crippen LogP contribution < -0.4 is 0 Å². The number of carbonyl (C=O) groups is 1. The predicted molar refractivity (Wildman–Crippen MR) is 45.0 cm³/mol. The van der Waals surface area contributed by atoms with Crippen molar-refractivity contribution in [2.75, 3.05) is 0 Å². The van der Waals surface area contributed by atoms with Gasteiger partial charge in [-0.1, -0.05) is 0 Å². The Balaban J connectivity index is -0.00000000750. The van der Waals surface area contributed by atoms with Crippen LogP contribution in [0.2, 0.25) is 0 Å². The van der Waals surface area contributed by atoms with E-state index in [9.17, 15) is 0 Å². The number of hydrogen-bond acceptors (Lipinski definition) is 1. The molecule has 0 aromatic heterocycles. The lowest BCUT2D eigenvalue weighted by molar-refractivity contribution is -0.134. The lowest BCUT2D eigenvalue weighted by atomic mass is 10.8. The number of carboxylic acid groups (broad SMARTS) is 1. The van der Waals surface area contributed by atoms with Crippen molar-refractivity contribution in [3.8, 4) is 0 Å². The van der Waals surface area contributed by atoms with Gasteiger partial charge in [-0.3, -0.25) is 4.79 Å². The van der Waals surface area contributed by atoms with Crippen LogP contribution in [0.1, 0.15) is 6.92 Å². The van der Waals surface area contributed by atoms with E-state index < -0.39 is 5.97 Å². The van der Waals surface area contributed by atoms with Gasteiger partial charge in [0.1, 0.15) is 0 Å². The Bertz CT molecular complexity index is 38.3. The van der Waals surface area contributed by atoms with Crippen LogP contribution in [0, 0.1) is 0 Å². The minimum absolute atomic E-state index is 0. The fraction of sp³-hybridized carbons (Fsp3) is 0.500. The molecule has 0 heterocycles. The van der Waals surface area contributed by atoms with Crippen LogP contribution in [0.4, 0.5) is 0 Å². The van der Waals surface area contributed by atoms with Gasteiger partial charge >= 0.3 is 0 Å². The number of carboxylic acids is 1. The standard InChI is InChI=1S/C2H4O2.BH3.3ClH/c1-2(3)4;;;;/h1H3,(H,3,4);1H3;3*1H. The molecule has 0 radical (unpaired) electrons. The molecule has 0 saturated heterocycles. The summed E-state index contributed by atoms with van der Waals surface area (Å²) >= 11 is 0. The Hall–Kier alpha value is 0.405. The highest BCUT2D eigenvalue weighted by molar-refractivity contribution is 5.86. The van der Waals surface area contributed by atoms with Gasteiger partial charge in [0.2, 0.25) is 0 Å². The summed E-state index contributed by atoms with van der Waals surface area (Å²) < 4.78 is 0. The van der Waals surface area contributed by atoms with Crippen LogP contribution in [-0.2, 0) is 4.79 Å². The smallest absolute Gasteiger partial charge is 0.300 e. The highest BCUT2D eigenvalue weighted by atomic mass is 35.5. The fourth-order valence-corrected chi connectivity index (χ4v) is 0. The van der Waals surface area contributed by atoms with Gasteiger partial charge in [-0.2, -0.15) is 0 Å². The second-order valence-electron chi connectivity index (χ2n) is 0.519. The first-order valence-corrected chi connectivity index (χ1v) is 0.928. The van der Waals surface area contributed by atoms with Gasteiger partial charge < -0.3 is 5.11 Å². The van der Waals surface area contributed by atoms with Gasteiger partial charge in [0, 0.05) is 6.92 Å². The quantitative estimate of drug-likeness (QED) is 0.544. The molecule has 0 aliphatic heterocycles. The molecule has 0 atom stereocenters. The summed E-state index contributed by atoms with van der Waals surface area (Å²) in [6, 6.07) is 0. The Kier molecular flexibility index (Phi) is 130. The zero-order chi connectivity index (χ0) is 3.58. The predicted octanol–water partition coefficient (Wildman–Crippen LogP) is 0.172. The molecule has 0 spiro atoms. The zero-order valence-corrected chi connectivity index (χ0v) is 6.03. The van der Waals surface area contributed by atoms with Crippen LogP contribution in [0.25, 0.3) is 0 Å². The molecule has 0 fully saturated rings. The molecule has 0 rings (SSSR count). The van der Waals surface area contributed by atoms with E-state index in [1.807, 2.05) is 0 Å². The van der Waals surface area contributed by atoms with Crippen LogP contribution in [0.15, 0.2) is 0 Å². The van der Waals surface area contributed by atoms with Crippen LogP contribution in [0.3, 0.4) is 0 Å². The molecule has 0 unspecified atom stereocenters. The maximum Gasteiger partial charge on any atom is 0.300 e. The van der Waals surface area contributed by atoms with Crippen molar-refractivity contribution in [2.45, 2.75) is 6.92 Å². The average Bonchev–Trinajstić information content (AvgIpc) is 0.811. The Morgan fingerprint density at radius 1 is 1.25 bits per heavy atom. The van der Waals surface area contributed by atoms with Crippen molar-refractivity contribution in [1.29, 1.82) is 0 Å². The van der Waals surface area contributed by atoms with E-state index in [2.05, 4.69) is 0 Å². The molecule has 8 heavy (non-hydrogen) atoms. The van der Waals surface area contributed by atoms with E-state index in [4.69, 9.17) is 9.90 Å². The fourth-order valence-electron chi connectivity index (χ4n) is 0. The minimum Gasteiger partial charge on any atom is -0.481 e. The Labute approximate surface area is 68.8 Å². The number of rotatable bonds is 0. The van der Waals surface area contributed by atoms with Gasteiger partial charge in [0.05, 0.1) is 8.41 Å². The van der Waals surface area contributed by atoms with E-state index in [1.165, 1.54) is 0 Å². The average molecular weight is 183 g/mol. The molecule has 0 aliphatic rings. The minimum atomic E-state index is -0.833. The monoisotopic (exact) mass is 182 g/mol. The van der Waals surface area contributed by atoms with Crippen molar-refractivity contribution in [1.82, 2.24) is 0 Å². The highest BCUT2D eigenvalue weighted by Crippen LogP contribution is 1.42. The maximum absolute atomic E-state index is 9.00. The molecular formula is C2H10BCl3O2. The van der Waals surface area contributed by atoms with Crippen LogP contribution in [0.5, 0.6) is 0 Å². The molecule has 6 heteroatoms. The molecule has 54 valence electrons. The zero-order valence-electron chi connectivity index (χ0n) is 3.58. The molecule has 0 aromatic rings. The summed E-state index contributed by atoms with van der Waals surface area (Å²) in [6.45, 7) is 1.08. The van der Waals surface area contributed by atoms with Gasteiger partial charge in [0.25, 0.3) is 5.97 Å². The summed E-state index contributed by atoms with van der Waals surface area (Å²) in [5.74, 6) is -0.833. The number of hydrogen-bond donors (Lipinski definition) is 1. The lowest BCUT2D eigenvalue weighted by Crippen LogP contribution is -1.78. The van der Waals surface area contributed by atoms with Crippen LogP contribution >= 0.6 is 37.2 Å². The maximum atomic E-state index is 9.00. The van der Waals surface area contributed by atoms with Crippen molar-refractivity contribution in [3.63, 3.8) is 0 Å². The first-order chi connectivity index (χ1) is 1.73. The van der Waals surface area contributed by atoms with E-state index in [-0.39, 0.29) is 45.6 Å². The Morgan fingerprint density at radius 2 is 1.25 bits per heavy atom. The normalized spacial score (nSPS) is 3.12. The summed E-state index contributed by atoms with van der Waals surface area (Å²) in [7, 11) is 0. The van der Waals surface area contributed by atoms with Gasteiger partial charge in [-0.25, -0.2) is 0 Å². The first-order valence-electron chi connectivity index (χ1n) is 0.928. The molecule has 0 saturated carbocycles. The van der Waals surface area contributed by atoms with Crippen molar-refractivity contribution in [2.24, 2.45) is 0 Å². The second kappa shape index (κ2) is 26.2. The molecule has 1 N–H and O–H groups in total. The van der Waals surface area contributed by atoms with Crippen molar-refractivity contribution >= 4 is 51.6 Å². The third-order valence-corrected chi connectivity index (χ3v) is 0. The third kappa shape index (κ3) is 1140. The largest absolute Gasteiger partial charge is 0.481 e. The van der Waals surface area contributed by atoms with E-state index in [0.717, 1.165) is 6.92 Å². The molecule has 0 aliphatic carbocycles.